The van der Waals surface area contributed by atoms with Crippen LogP contribution in [0.2, 0.25) is 0 Å². The second-order valence-corrected chi connectivity index (χ2v) is 8.56. The Morgan fingerprint density at radius 1 is 1.33 bits per heavy atom. The number of sulfonamides is 1. The van der Waals surface area contributed by atoms with Gasteiger partial charge in [-0.3, -0.25) is 4.79 Å². The van der Waals surface area contributed by atoms with Gasteiger partial charge in [-0.2, -0.15) is 0 Å². The number of hydrogen-bond acceptors (Lipinski definition) is 4. The van der Waals surface area contributed by atoms with Gasteiger partial charge in [-0.25, -0.2) is 13.6 Å². The van der Waals surface area contributed by atoms with E-state index in [4.69, 9.17) is 5.14 Å². The largest absolute Gasteiger partial charge is 0.349 e. The van der Waals surface area contributed by atoms with Crippen LogP contribution in [0.5, 0.6) is 0 Å². The normalized spacial score (nSPS) is 13.4. The van der Waals surface area contributed by atoms with Gasteiger partial charge in [0.05, 0.1) is 9.77 Å². The van der Waals surface area contributed by atoms with Crippen LogP contribution in [-0.4, -0.2) is 20.4 Å². The van der Waals surface area contributed by atoms with Crippen molar-refractivity contribution in [3.63, 3.8) is 0 Å². The summed E-state index contributed by atoms with van der Waals surface area (Å²) >= 11 is 1.15. The van der Waals surface area contributed by atoms with Crippen molar-refractivity contribution in [1.29, 1.82) is 0 Å². The molecular formula is C14H24N2O3S2. The van der Waals surface area contributed by atoms with Crippen molar-refractivity contribution in [2.45, 2.75) is 57.9 Å². The zero-order chi connectivity index (χ0) is 16.2. The Labute approximate surface area is 131 Å². The summed E-state index contributed by atoms with van der Waals surface area (Å²) in [4.78, 5) is 13.1. The number of aryl methyl sites for hydroxylation is 1. The highest BCUT2D eigenvalue weighted by Crippen LogP contribution is 2.24. The number of primary sulfonamides is 1. The van der Waals surface area contributed by atoms with Gasteiger partial charge in [0.1, 0.15) is 0 Å². The lowest BCUT2D eigenvalue weighted by atomic mass is 10.0. The van der Waals surface area contributed by atoms with Gasteiger partial charge in [-0.1, -0.05) is 26.7 Å². The summed E-state index contributed by atoms with van der Waals surface area (Å²) < 4.78 is 22.7. The molecule has 1 unspecified atom stereocenters. The first kappa shape index (κ1) is 18.1. The van der Waals surface area contributed by atoms with Crippen LogP contribution in [0.15, 0.2) is 11.0 Å². The SMILES string of the molecule is Cc1sc(C(=O)NC(C)CCCC(C)C)cc1S(N)(=O)=O. The number of nitrogens with two attached hydrogens (primary N) is 1. The molecule has 5 nitrogen and oxygen atoms in total. The summed E-state index contributed by atoms with van der Waals surface area (Å²) in [5, 5.41) is 8.01. The molecule has 21 heavy (non-hydrogen) atoms. The Morgan fingerprint density at radius 2 is 1.95 bits per heavy atom. The number of thiophene rings is 1. The van der Waals surface area contributed by atoms with Crippen LogP contribution in [0.25, 0.3) is 0 Å². The Balaban J connectivity index is 2.64. The van der Waals surface area contributed by atoms with Crippen LogP contribution < -0.4 is 10.5 Å². The van der Waals surface area contributed by atoms with E-state index in [1.807, 2.05) is 6.92 Å². The molecule has 0 spiro atoms. The first-order chi connectivity index (χ1) is 9.61. The molecule has 0 aliphatic carbocycles. The van der Waals surface area contributed by atoms with Gasteiger partial charge in [-0.15, -0.1) is 11.3 Å². The average Bonchev–Trinajstić information content (AvgIpc) is 2.70. The summed E-state index contributed by atoms with van der Waals surface area (Å²) in [5.74, 6) is 0.417. The molecule has 0 saturated heterocycles. The van der Waals surface area contributed by atoms with E-state index in [-0.39, 0.29) is 16.8 Å². The van der Waals surface area contributed by atoms with Gasteiger partial charge >= 0.3 is 0 Å². The molecule has 1 rings (SSSR count). The van der Waals surface area contributed by atoms with Gasteiger partial charge in [-0.05, 0) is 32.3 Å². The Bertz CT molecular complexity index is 591. The van der Waals surface area contributed by atoms with Gasteiger partial charge in [0.25, 0.3) is 5.91 Å². The minimum atomic E-state index is -3.77. The van der Waals surface area contributed by atoms with Crippen LogP contribution in [0.1, 0.15) is 54.6 Å². The fourth-order valence-electron chi connectivity index (χ4n) is 2.06. The van der Waals surface area contributed by atoms with E-state index in [0.29, 0.717) is 15.7 Å². The molecule has 0 aliphatic heterocycles. The molecule has 0 saturated carbocycles. The van der Waals surface area contributed by atoms with Gasteiger partial charge in [0.15, 0.2) is 0 Å². The van der Waals surface area contributed by atoms with E-state index in [1.54, 1.807) is 6.92 Å². The maximum Gasteiger partial charge on any atom is 0.261 e. The van der Waals surface area contributed by atoms with Crippen molar-refractivity contribution in [3.05, 3.63) is 15.8 Å². The van der Waals surface area contributed by atoms with Crippen molar-refractivity contribution < 1.29 is 13.2 Å². The lowest BCUT2D eigenvalue weighted by Crippen LogP contribution is -2.32. The highest BCUT2D eigenvalue weighted by atomic mass is 32.2. The van der Waals surface area contributed by atoms with E-state index < -0.39 is 10.0 Å². The molecule has 0 fully saturated rings. The number of amides is 1. The monoisotopic (exact) mass is 332 g/mol. The Hall–Kier alpha value is -0.920. The number of hydrogen-bond donors (Lipinski definition) is 2. The topological polar surface area (TPSA) is 89.3 Å². The second-order valence-electron chi connectivity index (χ2n) is 5.78. The molecule has 0 aliphatic rings. The van der Waals surface area contributed by atoms with Crippen LogP contribution in [0.4, 0.5) is 0 Å². The molecule has 1 amide bonds. The van der Waals surface area contributed by atoms with E-state index in [9.17, 15) is 13.2 Å². The predicted molar refractivity (Wildman–Crippen MR) is 86.0 cm³/mol. The maximum absolute atomic E-state index is 12.1. The molecule has 3 N–H and O–H groups in total. The molecule has 0 aromatic carbocycles. The van der Waals surface area contributed by atoms with E-state index in [1.165, 1.54) is 6.07 Å². The summed E-state index contributed by atoms with van der Waals surface area (Å²) in [6.07, 6.45) is 3.11. The van der Waals surface area contributed by atoms with Gasteiger partial charge in [0.2, 0.25) is 10.0 Å². The molecule has 1 heterocycles. The molecule has 1 aromatic heterocycles. The van der Waals surface area contributed by atoms with Crippen LogP contribution in [0.3, 0.4) is 0 Å². The van der Waals surface area contributed by atoms with E-state index >= 15 is 0 Å². The quantitative estimate of drug-likeness (QED) is 0.804. The van der Waals surface area contributed by atoms with Gasteiger partial charge in [0, 0.05) is 10.9 Å². The van der Waals surface area contributed by atoms with Crippen LogP contribution >= 0.6 is 11.3 Å². The third kappa shape index (κ3) is 5.76. The summed E-state index contributed by atoms with van der Waals surface area (Å²) in [7, 11) is -3.77. The number of nitrogens with one attached hydrogen (secondary N) is 1. The minimum Gasteiger partial charge on any atom is -0.349 e. The van der Waals surface area contributed by atoms with Crippen molar-refractivity contribution in [3.8, 4) is 0 Å². The summed E-state index contributed by atoms with van der Waals surface area (Å²) in [6, 6.07) is 1.42. The smallest absolute Gasteiger partial charge is 0.261 e. The lowest BCUT2D eigenvalue weighted by molar-refractivity contribution is 0.0941. The molecule has 1 aromatic rings. The molecular weight excluding hydrogens is 308 g/mol. The van der Waals surface area contributed by atoms with Crippen molar-refractivity contribution in [2.75, 3.05) is 0 Å². The predicted octanol–water partition coefficient (Wildman–Crippen LogP) is 2.65. The fourth-order valence-corrected chi connectivity index (χ4v) is 4.11. The molecule has 0 bridgehead atoms. The molecule has 7 heteroatoms. The average molecular weight is 332 g/mol. The first-order valence-corrected chi connectivity index (χ1v) is 9.41. The standard InChI is InChI=1S/C14H24N2O3S2/c1-9(2)6-5-7-10(3)16-14(17)12-8-13(11(4)20-12)21(15,18)19/h8-10H,5-7H2,1-4H3,(H,16,17)(H2,15,18,19). The number of carbonyl (C=O) groups excluding carboxylic acids is 1. The molecule has 120 valence electrons. The summed E-state index contributed by atoms with van der Waals surface area (Å²) in [5.41, 5.74) is 0. The molecule has 1 atom stereocenters. The molecule has 0 radical (unpaired) electrons. The Morgan fingerprint density at radius 3 is 2.43 bits per heavy atom. The fraction of sp³-hybridized carbons (Fsp3) is 0.643. The van der Waals surface area contributed by atoms with E-state index in [0.717, 1.165) is 30.6 Å². The van der Waals surface area contributed by atoms with E-state index in [2.05, 4.69) is 19.2 Å². The number of carbonyl (C=O) groups is 1. The first-order valence-electron chi connectivity index (χ1n) is 7.05. The van der Waals surface area contributed by atoms with Gasteiger partial charge < -0.3 is 5.32 Å². The Kier molecular flexibility index (Phi) is 6.37. The zero-order valence-corrected chi connectivity index (χ0v) is 14.6. The van der Waals surface area contributed by atoms with Crippen molar-refractivity contribution >= 4 is 27.3 Å². The lowest BCUT2D eigenvalue weighted by Gasteiger charge is -2.13. The number of rotatable bonds is 7. The zero-order valence-electron chi connectivity index (χ0n) is 13.0. The third-order valence-corrected chi connectivity index (χ3v) is 5.41. The van der Waals surface area contributed by atoms with Crippen LogP contribution in [-0.2, 0) is 10.0 Å². The highest BCUT2D eigenvalue weighted by Gasteiger charge is 2.19. The second kappa shape index (κ2) is 7.38. The third-order valence-electron chi connectivity index (χ3n) is 3.20. The van der Waals surface area contributed by atoms with Crippen LogP contribution in [0, 0.1) is 12.8 Å². The van der Waals surface area contributed by atoms with Crippen molar-refractivity contribution in [1.82, 2.24) is 5.32 Å². The minimum absolute atomic E-state index is 0.0325. The maximum atomic E-state index is 12.1. The highest BCUT2D eigenvalue weighted by molar-refractivity contribution is 7.89. The van der Waals surface area contributed by atoms with Crippen molar-refractivity contribution in [2.24, 2.45) is 11.1 Å². The summed E-state index contributed by atoms with van der Waals surface area (Å²) in [6.45, 7) is 7.95.